The highest BCUT2D eigenvalue weighted by Gasteiger charge is 2.33. The van der Waals surface area contributed by atoms with Gasteiger partial charge in [0.15, 0.2) is 5.69 Å². The van der Waals surface area contributed by atoms with Crippen LogP contribution in [0.3, 0.4) is 0 Å². The molecule has 8 heteroatoms. The summed E-state index contributed by atoms with van der Waals surface area (Å²) in [6.07, 6.45) is -4.59. The summed E-state index contributed by atoms with van der Waals surface area (Å²) in [5.74, 6) is -0.599. The van der Waals surface area contributed by atoms with Crippen molar-refractivity contribution in [2.45, 2.75) is 26.1 Å². The van der Waals surface area contributed by atoms with E-state index in [9.17, 15) is 17.6 Å². The average Bonchev–Trinajstić information content (AvgIpc) is 2.39. The number of alkyl halides is 3. The van der Waals surface area contributed by atoms with Crippen LogP contribution >= 0.6 is 0 Å². The van der Waals surface area contributed by atoms with Crippen LogP contribution in [0.1, 0.15) is 19.5 Å². The van der Waals surface area contributed by atoms with Crippen LogP contribution in [0, 0.1) is 5.82 Å². The van der Waals surface area contributed by atoms with Crippen LogP contribution in [0.4, 0.5) is 35.0 Å². The molecule has 1 heterocycles. The summed E-state index contributed by atoms with van der Waals surface area (Å²) in [5.41, 5.74) is -0.640. The van der Waals surface area contributed by atoms with Crippen molar-refractivity contribution in [3.63, 3.8) is 0 Å². The molecule has 0 aliphatic rings. The van der Waals surface area contributed by atoms with Crippen molar-refractivity contribution in [1.29, 1.82) is 0 Å². The molecule has 0 saturated carbocycles. The highest BCUT2D eigenvalue weighted by molar-refractivity contribution is 5.57. The Morgan fingerprint density at radius 3 is 2.23 bits per heavy atom. The van der Waals surface area contributed by atoms with Gasteiger partial charge >= 0.3 is 6.18 Å². The van der Waals surface area contributed by atoms with Crippen molar-refractivity contribution < 1.29 is 17.6 Å². The van der Waals surface area contributed by atoms with Crippen LogP contribution in [-0.2, 0) is 6.18 Å². The maximum atomic E-state index is 12.9. The topological polar surface area (TPSA) is 49.8 Å². The van der Waals surface area contributed by atoms with E-state index in [1.165, 1.54) is 24.3 Å². The Kier molecular flexibility index (Phi) is 4.48. The number of halogens is 4. The second-order valence-electron chi connectivity index (χ2n) is 4.89. The molecule has 0 radical (unpaired) electrons. The fourth-order valence-corrected chi connectivity index (χ4v) is 1.66. The van der Waals surface area contributed by atoms with Gasteiger partial charge < -0.3 is 10.6 Å². The van der Waals surface area contributed by atoms with Crippen LogP contribution in [0.5, 0.6) is 0 Å². The van der Waals surface area contributed by atoms with Gasteiger partial charge in [0.05, 0.1) is 0 Å². The summed E-state index contributed by atoms with van der Waals surface area (Å²) in [6, 6.07) is 5.88. The molecule has 22 heavy (non-hydrogen) atoms. The third-order valence-electron chi connectivity index (χ3n) is 2.55. The van der Waals surface area contributed by atoms with Crippen molar-refractivity contribution in [3.05, 3.63) is 41.8 Å². The molecule has 0 bridgehead atoms. The first-order chi connectivity index (χ1) is 10.2. The second-order valence-corrected chi connectivity index (χ2v) is 4.89. The van der Waals surface area contributed by atoms with E-state index in [1.807, 2.05) is 0 Å². The van der Waals surface area contributed by atoms with E-state index < -0.39 is 17.7 Å². The van der Waals surface area contributed by atoms with Crippen molar-refractivity contribution in [1.82, 2.24) is 9.97 Å². The minimum Gasteiger partial charge on any atom is -0.352 e. The third kappa shape index (κ3) is 4.31. The van der Waals surface area contributed by atoms with E-state index in [0.717, 1.165) is 6.07 Å². The van der Waals surface area contributed by atoms with Gasteiger partial charge in [0, 0.05) is 17.8 Å². The number of hydrogen-bond donors (Lipinski definition) is 2. The molecule has 2 rings (SSSR count). The molecule has 0 amide bonds. The van der Waals surface area contributed by atoms with Crippen LogP contribution in [-0.4, -0.2) is 16.0 Å². The molecule has 0 atom stereocenters. The SMILES string of the molecule is CC(C)Nc1nc(Nc2ccc(F)cc2)cc(C(F)(F)F)n1. The van der Waals surface area contributed by atoms with Crippen LogP contribution in [0.2, 0.25) is 0 Å². The minimum absolute atomic E-state index is 0.0305. The predicted octanol–water partition coefficient (Wildman–Crippen LogP) is 4.20. The van der Waals surface area contributed by atoms with Crippen LogP contribution in [0.25, 0.3) is 0 Å². The number of nitrogens with one attached hydrogen (secondary N) is 2. The number of nitrogens with zero attached hydrogens (tertiary/aromatic N) is 2. The van der Waals surface area contributed by atoms with Crippen molar-refractivity contribution in [2.75, 3.05) is 10.6 Å². The van der Waals surface area contributed by atoms with Crippen molar-refractivity contribution in [3.8, 4) is 0 Å². The quantitative estimate of drug-likeness (QED) is 0.831. The number of rotatable bonds is 4. The maximum Gasteiger partial charge on any atom is 0.433 e. The first kappa shape index (κ1) is 16.0. The van der Waals surface area contributed by atoms with Crippen molar-refractivity contribution >= 4 is 17.5 Å². The van der Waals surface area contributed by atoms with Gasteiger partial charge in [-0.2, -0.15) is 18.2 Å². The Bertz CT molecular complexity index is 638. The van der Waals surface area contributed by atoms with Crippen molar-refractivity contribution in [2.24, 2.45) is 0 Å². The Balaban J connectivity index is 2.34. The molecular weight excluding hydrogens is 300 g/mol. The highest BCUT2D eigenvalue weighted by atomic mass is 19.4. The van der Waals surface area contributed by atoms with E-state index in [4.69, 9.17) is 0 Å². The van der Waals surface area contributed by atoms with E-state index in [-0.39, 0.29) is 17.8 Å². The van der Waals surface area contributed by atoms with E-state index in [1.54, 1.807) is 13.8 Å². The lowest BCUT2D eigenvalue weighted by Gasteiger charge is -2.14. The molecule has 0 aliphatic carbocycles. The monoisotopic (exact) mass is 314 g/mol. The first-order valence-corrected chi connectivity index (χ1v) is 6.49. The third-order valence-corrected chi connectivity index (χ3v) is 2.55. The smallest absolute Gasteiger partial charge is 0.352 e. The number of anilines is 3. The molecule has 0 fully saturated rings. The fraction of sp³-hybridized carbons (Fsp3) is 0.286. The lowest BCUT2D eigenvalue weighted by molar-refractivity contribution is -0.141. The van der Waals surface area contributed by atoms with Gasteiger partial charge in [-0.15, -0.1) is 0 Å². The molecule has 2 N–H and O–H groups in total. The predicted molar refractivity (Wildman–Crippen MR) is 75.5 cm³/mol. The number of aromatic nitrogens is 2. The van der Waals surface area contributed by atoms with Gasteiger partial charge in [-0.05, 0) is 38.1 Å². The molecule has 0 saturated heterocycles. The molecule has 0 spiro atoms. The number of hydrogen-bond acceptors (Lipinski definition) is 4. The second kappa shape index (κ2) is 6.17. The van der Waals surface area contributed by atoms with Gasteiger partial charge in [-0.25, -0.2) is 9.37 Å². The molecule has 2 aromatic rings. The van der Waals surface area contributed by atoms with Gasteiger partial charge in [-0.3, -0.25) is 0 Å². The molecular formula is C14H14F4N4. The Labute approximate surface area is 124 Å². The zero-order chi connectivity index (χ0) is 16.3. The minimum atomic E-state index is -4.59. The summed E-state index contributed by atoms with van der Waals surface area (Å²) in [5, 5.41) is 5.43. The standard InChI is InChI=1S/C14H14F4N4/c1-8(2)19-13-21-11(14(16,17)18)7-12(22-13)20-10-5-3-9(15)4-6-10/h3-8H,1-2H3,(H2,19,20,21,22). The fourth-order valence-electron chi connectivity index (χ4n) is 1.66. The van der Waals surface area contributed by atoms with Gasteiger partial charge in [-0.1, -0.05) is 0 Å². The zero-order valence-electron chi connectivity index (χ0n) is 11.9. The van der Waals surface area contributed by atoms with Gasteiger partial charge in [0.1, 0.15) is 11.6 Å². The molecule has 0 aliphatic heterocycles. The van der Waals surface area contributed by atoms with E-state index >= 15 is 0 Å². The molecule has 1 aromatic carbocycles. The summed E-state index contributed by atoms with van der Waals surface area (Å²) in [6.45, 7) is 3.52. The Morgan fingerprint density at radius 2 is 1.68 bits per heavy atom. The lowest BCUT2D eigenvalue weighted by atomic mass is 10.3. The molecule has 1 aromatic heterocycles. The molecule has 118 valence electrons. The normalized spacial score (nSPS) is 11.6. The van der Waals surface area contributed by atoms with Gasteiger partial charge in [0.2, 0.25) is 5.95 Å². The van der Waals surface area contributed by atoms with E-state index in [2.05, 4.69) is 20.6 Å². The first-order valence-electron chi connectivity index (χ1n) is 6.49. The summed E-state index contributed by atoms with van der Waals surface area (Å²) in [7, 11) is 0. The zero-order valence-corrected chi connectivity index (χ0v) is 11.9. The maximum absolute atomic E-state index is 12.9. The van der Waals surface area contributed by atoms with Gasteiger partial charge in [0.25, 0.3) is 0 Å². The summed E-state index contributed by atoms with van der Waals surface area (Å²) < 4.78 is 51.5. The van der Waals surface area contributed by atoms with Crippen LogP contribution < -0.4 is 10.6 Å². The molecule has 0 unspecified atom stereocenters. The van der Waals surface area contributed by atoms with Crippen LogP contribution in [0.15, 0.2) is 30.3 Å². The summed E-state index contributed by atoms with van der Waals surface area (Å²) >= 11 is 0. The Morgan fingerprint density at radius 1 is 1.05 bits per heavy atom. The number of benzene rings is 1. The lowest BCUT2D eigenvalue weighted by Crippen LogP contribution is -2.17. The highest BCUT2D eigenvalue weighted by Crippen LogP contribution is 2.30. The summed E-state index contributed by atoms with van der Waals surface area (Å²) in [4.78, 5) is 7.43. The molecule has 4 nitrogen and oxygen atoms in total. The average molecular weight is 314 g/mol. The largest absolute Gasteiger partial charge is 0.433 e. The Hall–Kier alpha value is -2.38. The van der Waals surface area contributed by atoms with E-state index in [0.29, 0.717) is 5.69 Å².